The number of hydrogen-bond donors (Lipinski definition) is 1. The summed E-state index contributed by atoms with van der Waals surface area (Å²) >= 11 is 0. The predicted molar refractivity (Wildman–Crippen MR) is 94.5 cm³/mol. The molecule has 3 rings (SSSR count). The predicted octanol–water partition coefficient (Wildman–Crippen LogP) is 2.22. The number of para-hydroxylation sites is 2. The molecular weight excluding hydrogens is 320 g/mol. The Balaban J connectivity index is 0.000000196. The Morgan fingerprint density at radius 2 is 1.60 bits per heavy atom. The van der Waals surface area contributed by atoms with E-state index in [1.54, 1.807) is 19.1 Å². The van der Waals surface area contributed by atoms with Crippen LogP contribution in [-0.2, 0) is 11.3 Å². The highest BCUT2D eigenvalue weighted by Crippen LogP contribution is 2.24. The van der Waals surface area contributed by atoms with Crippen LogP contribution in [-0.4, -0.2) is 37.5 Å². The van der Waals surface area contributed by atoms with Gasteiger partial charge in [0, 0.05) is 25.1 Å². The van der Waals surface area contributed by atoms with Gasteiger partial charge in [0.1, 0.15) is 0 Å². The van der Waals surface area contributed by atoms with Gasteiger partial charge in [0.2, 0.25) is 5.91 Å². The molecule has 2 aromatic rings. The first-order chi connectivity index (χ1) is 12.1. The summed E-state index contributed by atoms with van der Waals surface area (Å²) in [5.74, 6) is 1.15. The van der Waals surface area contributed by atoms with E-state index in [0.29, 0.717) is 13.1 Å². The van der Waals surface area contributed by atoms with Crippen molar-refractivity contribution in [2.45, 2.75) is 13.0 Å². The summed E-state index contributed by atoms with van der Waals surface area (Å²) in [6, 6.07) is 15.0. The molecule has 0 aliphatic carbocycles. The molecule has 2 N–H and O–H groups in total. The molecule has 1 aliphatic rings. The summed E-state index contributed by atoms with van der Waals surface area (Å²) < 4.78 is 10.0. The molecule has 0 saturated carbocycles. The van der Waals surface area contributed by atoms with Crippen LogP contribution < -0.4 is 15.2 Å². The minimum atomic E-state index is -0.376. The van der Waals surface area contributed by atoms with E-state index < -0.39 is 0 Å². The van der Waals surface area contributed by atoms with E-state index in [1.807, 2.05) is 48.5 Å². The van der Waals surface area contributed by atoms with Gasteiger partial charge in [0.05, 0.1) is 14.2 Å². The van der Waals surface area contributed by atoms with Crippen molar-refractivity contribution in [3.63, 3.8) is 0 Å². The molecule has 0 unspecified atom stereocenters. The number of nitrogens with two attached hydrogens (primary N) is 1. The van der Waals surface area contributed by atoms with Crippen molar-refractivity contribution in [1.29, 1.82) is 0 Å². The number of benzene rings is 2. The molecule has 6 heteroatoms. The van der Waals surface area contributed by atoms with Gasteiger partial charge in [0.15, 0.2) is 11.5 Å². The van der Waals surface area contributed by atoms with Crippen molar-refractivity contribution < 1.29 is 19.1 Å². The molecule has 25 heavy (non-hydrogen) atoms. The third-order valence-corrected chi connectivity index (χ3v) is 3.81. The minimum absolute atomic E-state index is 0.00755. The minimum Gasteiger partial charge on any atom is -0.493 e. The third-order valence-electron chi connectivity index (χ3n) is 3.81. The van der Waals surface area contributed by atoms with Gasteiger partial charge in [-0.1, -0.05) is 30.3 Å². The van der Waals surface area contributed by atoms with Crippen molar-refractivity contribution in [2.75, 3.05) is 20.8 Å². The number of methoxy groups -OCH3 is 2. The highest BCUT2D eigenvalue weighted by Gasteiger charge is 2.26. The van der Waals surface area contributed by atoms with Crippen LogP contribution in [0, 0.1) is 0 Å². The molecule has 0 radical (unpaired) electrons. The standard InChI is InChI=1S/C11H12N2O2.C8H10O2/c12-10(14)5-6-13-7-8-3-1-2-4-9(8)11(13)15;1-9-7-5-3-4-6-8(7)10-2/h1-4H,5-7H2,(H2,12,14);3-6H,1-2H3. The summed E-state index contributed by atoms with van der Waals surface area (Å²) in [5, 5.41) is 0. The molecule has 0 saturated heterocycles. The van der Waals surface area contributed by atoms with Crippen LogP contribution in [0.5, 0.6) is 11.5 Å². The van der Waals surface area contributed by atoms with Gasteiger partial charge in [-0.15, -0.1) is 0 Å². The number of nitrogens with zero attached hydrogens (tertiary/aromatic N) is 1. The van der Waals surface area contributed by atoms with Crippen LogP contribution >= 0.6 is 0 Å². The second kappa shape index (κ2) is 8.73. The van der Waals surface area contributed by atoms with Gasteiger partial charge in [-0.3, -0.25) is 9.59 Å². The average molecular weight is 342 g/mol. The quantitative estimate of drug-likeness (QED) is 0.903. The van der Waals surface area contributed by atoms with E-state index in [9.17, 15) is 9.59 Å². The number of carbonyl (C=O) groups is 2. The van der Waals surface area contributed by atoms with Gasteiger partial charge in [0.25, 0.3) is 5.91 Å². The number of primary amides is 1. The maximum Gasteiger partial charge on any atom is 0.254 e. The Kier molecular flexibility index (Phi) is 6.39. The Hall–Kier alpha value is -3.02. The fourth-order valence-corrected chi connectivity index (χ4v) is 2.53. The number of amides is 2. The van der Waals surface area contributed by atoms with E-state index in [4.69, 9.17) is 15.2 Å². The Bertz CT molecular complexity index is 723. The molecule has 132 valence electrons. The summed E-state index contributed by atoms with van der Waals surface area (Å²) in [6.45, 7) is 0.991. The number of fused-ring (bicyclic) bond motifs is 1. The van der Waals surface area contributed by atoms with Crippen LogP contribution in [0.15, 0.2) is 48.5 Å². The third kappa shape index (κ3) is 4.73. The van der Waals surface area contributed by atoms with E-state index in [1.165, 1.54) is 0 Å². The lowest BCUT2D eigenvalue weighted by Gasteiger charge is -2.13. The van der Waals surface area contributed by atoms with E-state index >= 15 is 0 Å². The number of hydrogen-bond acceptors (Lipinski definition) is 4. The fraction of sp³-hybridized carbons (Fsp3) is 0.263. The number of ether oxygens (including phenoxy) is 2. The lowest BCUT2D eigenvalue weighted by Crippen LogP contribution is -2.28. The molecule has 1 aliphatic heterocycles. The largest absolute Gasteiger partial charge is 0.493 e. The van der Waals surface area contributed by atoms with Gasteiger partial charge >= 0.3 is 0 Å². The second-order valence-electron chi connectivity index (χ2n) is 5.46. The molecule has 0 bridgehead atoms. The smallest absolute Gasteiger partial charge is 0.254 e. The first kappa shape index (κ1) is 18.3. The van der Waals surface area contributed by atoms with E-state index in [0.717, 1.165) is 22.6 Å². The second-order valence-corrected chi connectivity index (χ2v) is 5.46. The molecular formula is C19H22N2O4. The SMILES string of the molecule is COc1ccccc1OC.NC(=O)CCN1Cc2ccccc2C1=O. The average Bonchev–Trinajstić information content (AvgIpc) is 2.96. The Morgan fingerprint density at radius 1 is 1.04 bits per heavy atom. The van der Waals surface area contributed by atoms with Gasteiger partial charge < -0.3 is 20.1 Å². The molecule has 1 heterocycles. The lowest BCUT2D eigenvalue weighted by atomic mass is 10.1. The zero-order valence-electron chi connectivity index (χ0n) is 14.4. The van der Waals surface area contributed by atoms with Crippen molar-refractivity contribution in [3.8, 4) is 11.5 Å². The fourth-order valence-electron chi connectivity index (χ4n) is 2.53. The summed E-state index contributed by atoms with van der Waals surface area (Å²) in [7, 11) is 3.25. The van der Waals surface area contributed by atoms with Crippen LogP contribution in [0.25, 0.3) is 0 Å². The maximum absolute atomic E-state index is 11.8. The van der Waals surface area contributed by atoms with E-state index in [-0.39, 0.29) is 18.2 Å². The number of rotatable bonds is 5. The van der Waals surface area contributed by atoms with Gasteiger partial charge in [-0.05, 0) is 23.8 Å². The summed E-state index contributed by atoms with van der Waals surface area (Å²) in [6.07, 6.45) is 0.222. The molecule has 2 amide bonds. The zero-order chi connectivity index (χ0) is 18.2. The van der Waals surface area contributed by atoms with Crippen molar-refractivity contribution in [2.24, 2.45) is 5.73 Å². The van der Waals surface area contributed by atoms with Crippen LogP contribution in [0.1, 0.15) is 22.3 Å². The van der Waals surface area contributed by atoms with Gasteiger partial charge in [-0.2, -0.15) is 0 Å². The highest BCUT2D eigenvalue weighted by molar-refractivity contribution is 5.98. The zero-order valence-corrected chi connectivity index (χ0v) is 14.4. The lowest BCUT2D eigenvalue weighted by molar-refractivity contribution is -0.118. The molecule has 6 nitrogen and oxygen atoms in total. The molecule has 2 aromatic carbocycles. The summed E-state index contributed by atoms with van der Waals surface area (Å²) in [5.41, 5.74) is 6.80. The number of carbonyl (C=O) groups excluding carboxylic acids is 2. The van der Waals surface area contributed by atoms with Crippen LogP contribution in [0.2, 0.25) is 0 Å². The topological polar surface area (TPSA) is 81.9 Å². The van der Waals surface area contributed by atoms with Crippen LogP contribution in [0.3, 0.4) is 0 Å². The first-order valence-corrected chi connectivity index (χ1v) is 7.89. The highest BCUT2D eigenvalue weighted by atomic mass is 16.5. The van der Waals surface area contributed by atoms with Crippen molar-refractivity contribution in [1.82, 2.24) is 4.90 Å². The Morgan fingerprint density at radius 3 is 2.12 bits per heavy atom. The molecule has 0 spiro atoms. The normalized spacial score (nSPS) is 12.1. The Labute approximate surface area is 147 Å². The van der Waals surface area contributed by atoms with E-state index in [2.05, 4.69) is 0 Å². The molecule has 0 atom stereocenters. The molecule has 0 fully saturated rings. The van der Waals surface area contributed by atoms with Crippen molar-refractivity contribution >= 4 is 11.8 Å². The maximum atomic E-state index is 11.8. The monoisotopic (exact) mass is 342 g/mol. The molecule has 0 aromatic heterocycles. The van der Waals surface area contributed by atoms with Gasteiger partial charge in [-0.25, -0.2) is 0 Å². The van der Waals surface area contributed by atoms with Crippen molar-refractivity contribution in [3.05, 3.63) is 59.7 Å². The first-order valence-electron chi connectivity index (χ1n) is 7.89. The summed E-state index contributed by atoms with van der Waals surface area (Å²) in [4.78, 5) is 24.1. The van der Waals surface area contributed by atoms with Crippen LogP contribution in [0.4, 0.5) is 0 Å².